The number of carbonyl (C=O) groups excluding carboxylic acids is 1. The van der Waals surface area contributed by atoms with Gasteiger partial charge in [0, 0.05) is 12.6 Å². The highest BCUT2D eigenvalue weighted by atomic mass is 35.5. The van der Waals surface area contributed by atoms with Gasteiger partial charge >= 0.3 is 0 Å². The molecule has 0 fully saturated rings. The van der Waals surface area contributed by atoms with Gasteiger partial charge in [0.2, 0.25) is 5.78 Å². The van der Waals surface area contributed by atoms with Crippen molar-refractivity contribution in [3.05, 3.63) is 62.3 Å². The number of allylic oxidation sites excluding steroid dienone is 1. The van der Waals surface area contributed by atoms with Gasteiger partial charge in [0.25, 0.3) is 0 Å². The second-order valence-electron chi connectivity index (χ2n) is 7.10. The highest BCUT2D eigenvalue weighted by molar-refractivity contribution is 6.42. The van der Waals surface area contributed by atoms with Crippen molar-refractivity contribution in [1.29, 1.82) is 0 Å². The van der Waals surface area contributed by atoms with Crippen molar-refractivity contribution in [3.63, 3.8) is 0 Å². The summed E-state index contributed by atoms with van der Waals surface area (Å²) in [6.45, 7) is 7.35. The summed E-state index contributed by atoms with van der Waals surface area (Å²) >= 11 is 12.1. The summed E-state index contributed by atoms with van der Waals surface area (Å²) in [7, 11) is 0. The van der Waals surface area contributed by atoms with Crippen LogP contribution in [0.2, 0.25) is 10.0 Å². The fourth-order valence-corrected chi connectivity index (χ4v) is 3.64. The Morgan fingerprint density at radius 1 is 1.19 bits per heavy atom. The van der Waals surface area contributed by atoms with Crippen LogP contribution >= 0.6 is 23.2 Å². The summed E-state index contributed by atoms with van der Waals surface area (Å²) in [6, 6.07) is 7.47. The average Bonchev–Trinajstić information content (AvgIpc) is 2.95. The third-order valence-corrected chi connectivity index (χ3v) is 5.66. The molecule has 0 saturated carbocycles. The maximum Gasteiger partial charge on any atom is 0.232 e. The molecule has 0 atom stereocenters. The van der Waals surface area contributed by atoms with Gasteiger partial charge < -0.3 is 9.47 Å². The lowest BCUT2D eigenvalue weighted by Crippen LogP contribution is -2.37. The molecule has 0 amide bonds. The third-order valence-electron chi connectivity index (χ3n) is 4.92. The van der Waals surface area contributed by atoms with Crippen molar-refractivity contribution < 1.29 is 14.3 Å². The van der Waals surface area contributed by atoms with Gasteiger partial charge in [-0.05, 0) is 56.2 Å². The van der Waals surface area contributed by atoms with Crippen molar-refractivity contribution in [3.8, 4) is 11.5 Å². The Bertz CT molecular complexity index is 982. The minimum absolute atomic E-state index is 0.127. The van der Waals surface area contributed by atoms with Crippen LogP contribution < -0.4 is 9.47 Å². The second kappa shape index (κ2) is 6.86. The minimum Gasteiger partial charge on any atom is -0.478 e. The van der Waals surface area contributed by atoms with Crippen molar-refractivity contribution in [2.24, 2.45) is 0 Å². The first-order chi connectivity index (χ1) is 12.8. The van der Waals surface area contributed by atoms with Crippen LogP contribution in [0, 0.1) is 6.92 Å². The highest BCUT2D eigenvalue weighted by Gasteiger charge is 2.35. The molecule has 0 unspecified atom stereocenters. The first kappa shape index (κ1) is 18.4. The lowest BCUT2D eigenvalue weighted by molar-refractivity contribution is 0.0673. The zero-order valence-electron chi connectivity index (χ0n) is 15.3. The first-order valence-corrected chi connectivity index (χ1v) is 9.53. The van der Waals surface area contributed by atoms with E-state index in [1.807, 2.05) is 13.0 Å². The highest BCUT2D eigenvalue weighted by Crippen LogP contribution is 2.44. The molecule has 0 N–H and O–H groups in total. The van der Waals surface area contributed by atoms with Crippen LogP contribution in [0.4, 0.5) is 0 Å². The van der Waals surface area contributed by atoms with Crippen LogP contribution in [0.1, 0.15) is 40.9 Å². The van der Waals surface area contributed by atoms with Gasteiger partial charge in [0.1, 0.15) is 18.2 Å². The molecule has 0 bridgehead atoms. The van der Waals surface area contributed by atoms with E-state index in [1.54, 1.807) is 24.3 Å². The number of nitrogens with zero attached hydrogens (tertiary/aromatic N) is 1. The van der Waals surface area contributed by atoms with Gasteiger partial charge in [0.05, 0.1) is 21.2 Å². The van der Waals surface area contributed by atoms with Gasteiger partial charge in [-0.3, -0.25) is 9.69 Å². The van der Waals surface area contributed by atoms with E-state index >= 15 is 0 Å². The molecule has 2 aliphatic heterocycles. The Morgan fingerprint density at radius 3 is 2.67 bits per heavy atom. The van der Waals surface area contributed by atoms with Crippen LogP contribution in [0.5, 0.6) is 11.5 Å². The number of halogens is 2. The van der Waals surface area contributed by atoms with Crippen LogP contribution in [0.25, 0.3) is 6.08 Å². The Kier molecular flexibility index (Phi) is 4.66. The number of benzene rings is 2. The van der Waals surface area contributed by atoms with Crippen LogP contribution in [-0.4, -0.2) is 23.5 Å². The number of Topliss-reactive ketones (excluding diaryl/α,β-unsaturated/α-hetero) is 1. The van der Waals surface area contributed by atoms with E-state index in [9.17, 15) is 4.79 Å². The van der Waals surface area contributed by atoms with Crippen LogP contribution in [0.3, 0.4) is 0 Å². The van der Waals surface area contributed by atoms with E-state index in [0.717, 1.165) is 22.4 Å². The summed E-state index contributed by atoms with van der Waals surface area (Å²) in [5.41, 5.74) is 3.13. The number of fused-ring (bicyclic) bond motifs is 3. The van der Waals surface area contributed by atoms with E-state index in [0.29, 0.717) is 40.7 Å². The molecule has 27 heavy (non-hydrogen) atoms. The lowest BCUT2D eigenvalue weighted by atomic mass is 9.98. The summed E-state index contributed by atoms with van der Waals surface area (Å²) in [6.07, 6.45) is 1.69. The molecular formula is C21H19Cl2NO3. The van der Waals surface area contributed by atoms with E-state index in [4.69, 9.17) is 32.7 Å². The minimum atomic E-state index is -0.127. The van der Waals surface area contributed by atoms with Crippen LogP contribution in [-0.2, 0) is 6.54 Å². The van der Waals surface area contributed by atoms with Gasteiger partial charge in [-0.15, -0.1) is 0 Å². The van der Waals surface area contributed by atoms with E-state index in [-0.39, 0.29) is 11.5 Å². The molecule has 140 valence electrons. The summed E-state index contributed by atoms with van der Waals surface area (Å²) < 4.78 is 11.9. The molecule has 4 rings (SSSR count). The standard InChI is InChI=1S/C21H19Cl2NO3/c1-11(2)24-9-14-17(26-10-24)6-12(3)19-20(25)18(27-21(14)19)8-13-4-5-15(22)16(23)7-13/h4-8,11H,9-10H2,1-3H3/b18-8-. The Hall–Kier alpha value is -2.01. The summed E-state index contributed by atoms with van der Waals surface area (Å²) in [4.78, 5) is 15.2. The predicted molar refractivity (Wildman–Crippen MR) is 107 cm³/mol. The molecule has 0 saturated heterocycles. The maximum atomic E-state index is 13.0. The smallest absolute Gasteiger partial charge is 0.232 e. The fourth-order valence-electron chi connectivity index (χ4n) is 3.33. The Morgan fingerprint density at radius 2 is 1.96 bits per heavy atom. The van der Waals surface area contributed by atoms with Gasteiger partial charge in [-0.25, -0.2) is 0 Å². The number of hydrogen-bond acceptors (Lipinski definition) is 4. The van der Waals surface area contributed by atoms with Crippen molar-refractivity contribution in [1.82, 2.24) is 4.90 Å². The third kappa shape index (κ3) is 3.22. The van der Waals surface area contributed by atoms with Crippen molar-refractivity contribution in [2.45, 2.75) is 33.4 Å². The number of hydrogen-bond donors (Lipinski definition) is 0. The van der Waals surface area contributed by atoms with Gasteiger partial charge in [-0.2, -0.15) is 0 Å². The molecule has 6 heteroatoms. The van der Waals surface area contributed by atoms with Gasteiger partial charge in [-0.1, -0.05) is 29.3 Å². The van der Waals surface area contributed by atoms with Crippen molar-refractivity contribution >= 4 is 35.1 Å². The number of ketones is 1. The number of aryl methyl sites for hydroxylation is 1. The SMILES string of the molecule is Cc1cc2c(c3c1C(=O)/C(=C/c1ccc(Cl)c(Cl)c1)O3)CN(C(C)C)CO2. The molecular weight excluding hydrogens is 385 g/mol. The van der Waals surface area contributed by atoms with Crippen molar-refractivity contribution in [2.75, 3.05) is 6.73 Å². The quantitative estimate of drug-likeness (QED) is 0.622. The molecule has 2 aliphatic rings. The fraction of sp³-hybridized carbons (Fsp3) is 0.286. The molecule has 2 heterocycles. The largest absolute Gasteiger partial charge is 0.478 e. The topological polar surface area (TPSA) is 38.8 Å². The maximum absolute atomic E-state index is 13.0. The zero-order valence-corrected chi connectivity index (χ0v) is 16.8. The molecule has 0 radical (unpaired) electrons. The molecule has 2 aromatic carbocycles. The predicted octanol–water partition coefficient (Wildman–Crippen LogP) is 5.48. The molecule has 4 nitrogen and oxygen atoms in total. The zero-order chi connectivity index (χ0) is 19.3. The number of rotatable bonds is 2. The Balaban J connectivity index is 1.75. The molecule has 0 aromatic heterocycles. The molecule has 0 aliphatic carbocycles. The van der Waals surface area contributed by atoms with Crippen LogP contribution in [0.15, 0.2) is 30.0 Å². The number of ether oxygens (including phenoxy) is 2. The number of carbonyl (C=O) groups is 1. The van der Waals surface area contributed by atoms with E-state index < -0.39 is 0 Å². The lowest BCUT2D eigenvalue weighted by Gasteiger charge is -2.32. The normalized spacial score (nSPS) is 17.7. The van der Waals surface area contributed by atoms with E-state index in [2.05, 4.69) is 18.7 Å². The van der Waals surface area contributed by atoms with E-state index in [1.165, 1.54) is 0 Å². The Labute approximate surface area is 168 Å². The van der Waals surface area contributed by atoms with Gasteiger partial charge in [0.15, 0.2) is 5.76 Å². The first-order valence-electron chi connectivity index (χ1n) is 8.77. The second-order valence-corrected chi connectivity index (χ2v) is 7.92. The summed E-state index contributed by atoms with van der Waals surface area (Å²) in [5, 5.41) is 0.903. The molecule has 2 aromatic rings. The molecule has 0 spiro atoms. The monoisotopic (exact) mass is 403 g/mol. The summed E-state index contributed by atoms with van der Waals surface area (Å²) in [5.74, 6) is 1.54. The average molecular weight is 404 g/mol.